The third kappa shape index (κ3) is 4.09. The van der Waals surface area contributed by atoms with Crippen LogP contribution in [0.5, 0.6) is 0 Å². The Hall–Kier alpha value is -3.87. The monoisotopic (exact) mass is 370 g/mol. The van der Waals surface area contributed by atoms with Crippen molar-refractivity contribution in [1.29, 1.82) is 0 Å². The van der Waals surface area contributed by atoms with Crippen molar-refractivity contribution in [2.45, 2.75) is 12.6 Å². The van der Waals surface area contributed by atoms with E-state index in [1.807, 2.05) is 53.2 Å². The summed E-state index contributed by atoms with van der Waals surface area (Å²) < 4.78 is 1.93. The van der Waals surface area contributed by atoms with Crippen molar-refractivity contribution in [2.75, 3.05) is 0 Å². The Bertz CT molecular complexity index is 1020. The lowest BCUT2D eigenvalue weighted by Crippen LogP contribution is -2.31. The number of nitrogens with zero attached hydrogens (tertiary/aromatic N) is 5. The lowest BCUT2D eigenvalue weighted by Gasteiger charge is -2.19. The zero-order valence-corrected chi connectivity index (χ0v) is 15.0. The highest BCUT2D eigenvalue weighted by molar-refractivity contribution is 5.94. The van der Waals surface area contributed by atoms with Gasteiger partial charge in [-0.15, -0.1) is 0 Å². The van der Waals surface area contributed by atoms with Gasteiger partial charge in [-0.1, -0.05) is 30.3 Å². The van der Waals surface area contributed by atoms with Gasteiger partial charge in [-0.2, -0.15) is 0 Å². The number of aromatic nitrogens is 5. The molecule has 28 heavy (non-hydrogen) atoms. The zero-order valence-electron chi connectivity index (χ0n) is 15.0. The number of benzene rings is 1. The number of hydrogen-bond donors (Lipinski definition) is 1. The highest BCUT2D eigenvalue weighted by atomic mass is 16.1. The van der Waals surface area contributed by atoms with Gasteiger partial charge in [0.15, 0.2) is 5.82 Å². The topological polar surface area (TPSA) is 85.6 Å². The second-order valence-corrected chi connectivity index (χ2v) is 6.23. The summed E-state index contributed by atoms with van der Waals surface area (Å²) in [5.74, 6) is 0.300. The van der Waals surface area contributed by atoms with Gasteiger partial charge in [-0.3, -0.25) is 9.78 Å². The van der Waals surface area contributed by atoms with Gasteiger partial charge in [0.25, 0.3) is 5.91 Å². The molecule has 1 aromatic carbocycles. The first-order valence-electron chi connectivity index (χ1n) is 8.83. The number of imidazole rings is 1. The molecule has 0 spiro atoms. The molecule has 7 nitrogen and oxygen atoms in total. The average Bonchev–Trinajstić information content (AvgIpc) is 3.28. The fourth-order valence-corrected chi connectivity index (χ4v) is 2.86. The van der Waals surface area contributed by atoms with Crippen LogP contribution in [-0.2, 0) is 6.54 Å². The Balaban J connectivity index is 1.52. The lowest BCUT2D eigenvalue weighted by atomic mass is 10.1. The Morgan fingerprint density at radius 2 is 1.79 bits per heavy atom. The first-order chi connectivity index (χ1) is 13.8. The fraction of sp³-hybridized carbons (Fsp3) is 0.0952. The zero-order chi connectivity index (χ0) is 19.2. The SMILES string of the molecule is O=C(N[C@@H](Cn1ccnc1)c1ccccc1)c1cnc(-c2cccnc2)nc1. The van der Waals surface area contributed by atoms with Crippen LogP contribution >= 0.6 is 0 Å². The van der Waals surface area contributed by atoms with Crippen molar-refractivity contribution < 1.29 is 4.79 Å². The Morgan fingerprint density at radius 1 is 0.964 bits per heavy atom. The molecule has 7 heteroatoms. The summed E-state index contributed by atoms with van der Waals surface area (Å²) >= 11 is 0. The van der Waals surface area contributed by atoms with E-state index in [-0.39, 0.29) is 11.9 Å². The Morgan fingerprint density at radius 3 is 2.46 bits per heavy atom. The molecule has 0 aliphatic rings. The standard InChI is InChI=1S/C21H18N6O/c28-21(18-12-24-20(25-13-18)17-7-4-8-22-11-17)26-19(14-27-10-9-23-15-27)16-5-2-1-3-6-16/h1-13,15,19H,14H2,(H,26,28)/t19-/m0/s1. The number of rotatable bonds is 6. The molecule has 1 N–H and O–H groups in total. The average molecular weight is 370 g/mol. The maximum atomic E-state index is 12.8. The van der Waals surface area contributed by atoms with E-state index >= 15 is 0 Å². The van der Waals surface area contributed by atoms with Crippen LogP contribution in [0.1, 0.15) is 22.0 Å². The number of amides is 1. The number of nitrogens with one attached hydrogen (secondary N) is 1. The molecule has 0 aliphatic carbocycles. The van der Waals surface area contributed by atoms with Crippen LogP contribution in [0, 0.1) is 0 Å². The quantitative estimate of drug-likeness (QED) is 0.564. The maximum Gasteiger partial charge on any atom is 0.254 e. The molecule has 0 fully saturated rings. The highest BCUT2D eigenvalue weighted by Gasteiger charge is 2.17. The molecule has 1 atom stereocenters. The molecule has 4 aromatic rings. The Labute approximate surface area is 162 Å². The number of carbonyl (C=O) groups excluding carboxylic acids is 1. The van der Waals surface area contributed by atoms with Gasteiger partial charge in [0, 0.05) is 49.3 Å². The summed E-state index contributed by atoms with van der Waals surface area (Å²) in [6.45, 7) is 0.574. The van der Waals surface area contributed by atoms with Crippen molar-refractivity contribution in [3.8, 4) is 11.4 Å². The van der Waals surface area contributed by atoms with Crippen molar-refractivity contribution in [3.63, 3.8) is 0 Å². The smallest absolute Gasteiger partial charge is 0.254 e. The van der Waals surface area contributed by atoms with Gasteiger partial charge >= 0.3 is 0 Å². The predicted octanol–water partition coefficient (Wildman–Crippen LogP) is 2.91. The van der Waals surface area contributed by atoms with Crippen molar-refractivity contribution in [3.05, 3.63) is 97.1 Å². The van der Waals surface area contributed by atoms with Crippen molar-refractivity contribution >= 4 is 5.91 Å². The van der Waals surface area contributed by atoms with Crippen molar-refractivity contribution in [1.82, 2.24) is 29.8 Å². The van der Waals surface area contributed by atoms with Gasteiger partial charge < -0.3 is 9.88 Å². The predicted molar refractivity (Wildman–Crippen MR) is 104 cm³/mol. The summed E-state index contributed by atoms with van der Waals surface area (Å²) in [7, 11) is 0. The van der Waals surface area contributed by atoms with E-state index in [0.29, 0.717) is 17.9 Å². The minimum Gasteiger partial charge on any atom is -0.343 e. The number of carbonyl (C=O) groups is 1. The van der Waals surface area contributed by atoms with Crippen LogP contribution in [0.4, 0.5) is 0 Å². The minimum absolute atomic E-state index is 0.208. The van der Waals surface area contributed by atoms with E-state index in [2.05, 4.69) is 25.3 Å². The van der Waals surface area contributed by atoms with E-state index in [9.17, 15) is 4.79 Å². The largest absolute Gasteiger partial charge is 0.343 e. The molecule has 0 unspecified atom stereocenters. The molecule has 0 saturated carbocycles. The van der Waals surface area contributed by atoms with Gasteiger partial charge in [-0.05, 0) is 17.7 Å². The molecule has 3 heterocycles. The van der Waals surface area contributed by atoms with Crippen LogP contribution < -0.4 is 5.32 Å². The number of pyridine rings is 1. The normalized spacial score (nSPS) is 11.7. The molecular weight excluding hydrogens is 352 g/mol. The first-order valence-corrected chi connectivity index (χ1v) is 8.83. The minimum atomic E-state index is -0.230. The van der Waals surface area contributed by atoms with E-state index < -0.39 is 0 Å². The summed E-state index contributed by atoms with van der Waals surface area (Å²) in [6, 6.07) is 13.3. The van der Waals surface area contributed by atoms with E-state index in [0.717, 1.165) is 11.1 Å². The molecule has 0 bridgehead atoms. The third-order valence-electron chi connectivity index (χ3n) is 4.29. The summed E-state index contributed by atoms with van der Waals surface area (Å²) in [5.41, 5.74) is 2.22. The molecule has 1 amide bonds. The summed E-state index contributed by atoms with van der Waals surface area (Å²) in [4.78, 5) is 29.5. The van der Waals surface area contributed by atoms with E-state index in [4.69, 9.17) is 0 Å². The Kier molecular flexibility index (Phi) is 5.15. The second-order valence-electron chi connectivity index (χ2n) is 6.23. The van der Waals surface area contributed by atoms with Gasteiger partial charge in [-0.25, -0.2) is 15.0 Å². The third-order valence-corrected chi connectivity index (χ3v) is 4.29. The number of hydrogen-bond acceptors (Lipinski definition) is 5. The molecule has 0 saturated heterocycles. The molecule has 0 aliphatic heterocycles. The fourth-order valence-electron chi connectivity index (χ4n) is 2.86. The second kappa shape index (κ2) is 8.22. The van der Waals surface area contributed by atoms with Crippen molar-refractivity contribution in [2.24, 2.45) is 0 Å². The summed E-state index contributed by atoms with van der Waals surface area (Å²) in [5, 5.41) is 3.07. The van der Waals surface area contributed by atoms with Crippen LogP contribution in [0.3, 0.4) is 0 Å². The van der Waals surface area contributed by atoms with Crippen LogP contribution in [-0.4, -0.2) is 30.4 Å². The highest BCUT2D eigenvalue weighted by Crippen LogP contribution is 2.17. The first kappa shape index (κ1) is 17.5. The molecule has 4 rings (SSSR count). The van der Waals surface area contributed by atoms with Crippen LogP contribution in [0.2, 0.25) is 0 Å². The molecular formula is C21H18N6O. The van der Waals surface area contributed by atoms with Gasteiger partial charge in [0.05, 0.1) is 17.9 Å². The van der Waals surface area contributed by atoms with Gasteiger partial charge in [0.2, 0.25) is 0 Å². The van der Waals surface area contributed by atoms with Crippen LogP contribution in [0.15, 0.2) is 86.0 Å². The lowest BCUT2D eigenvalue weighted by molar-refractivity contribution is 0.0932. The molecule has 138 valence electrons. The molecule has 0 radical (unpaired) electrons. The summed E-state index contributed by atoms with van der Waals surface area (Å²) in [6.07, 6.45) is 11.8. The molecule has 3 aromatic heterocycles. The van der Waals surface area contributed by atoms with Crippen LogP contribution in [0.25, 0.3) is 11.4 Å². The maximum absolute atomic E-state index is 12.8. The van der Waals surface area contributed by atoms with Gasteiger partial charge in [0.1, 0.15) is 0 Å². The van der Waals surface area contributed by atoms with E-state index in [1.165, 1.54) is 12.4 Å². The van der Waals surface area contributed by atoms with E-state index in [1.54, 1.807) is 24.9 Å².